The van der Waals surface area contributed by atoms with E-state index in [9.17, 15) is 4.79 Å². The Balaban J connectivity index is 2.09. The number of carbonyl (C=O) groups is 1. The van der Waals surface area contributed by atoms with Crippen molar-refractivity contribution in [3.63, 3.8) is 0 Å². The summed E-state index contributed by atoms with van der Waals surface area (Å²) in [6.45, 7) is 0.348. The summed E-state index contributed by atoms with van der Waals surface area (Å²) in [5, 5.41) is 11.6. The first-order valence-corrected chi connectivity index (χ1v) is 6.71. The number of halogens is 1. The molecule has 4 nitrogen and oxygen atoms in total. The van der Waals surface area contributed by atoms with Gasteiger partial charge in [-0.25, -0.2) is 0 Å². The highest BCUT2D eigenvalue weighted by atomic mass is 79.9. The predicted octanol–water partition coefficient (Wildman–Crippen LogP) is 2.83. The Labute approximate surface area is 125 Å². The van der Waals surface area contributed by atoms with Gasteiger partial charge in [0.05, 0.1) is 17.2 Å². The van der Waals surface area contributed by atoms with E-state index >= 15 is 0 Å². The Morgan fingerprint density at radius 3 is 2.85 bits per heavy atom. The molecule has 2 aromatic rings. The molecule has 0 fully saturated rings. The van der Waals surface area contributed by atoms with Crippen LogP contribution in [0.15, 0.2) is 46.9 Å². The number of nitrogen functional groups attached to an aromatic ring is 1. The number of nitrogens with one attached hydrogen (secondary N) is 1. The van der Waals surface area contributed by atoms with E-state index < -0.39 is 0 Å². The van der Waals surface area contributed by atoms with Crippen molar-refractivity contribution in [2.24, 2.45) is 0 Å². The lowest BCUT2D eigenvalue weighted by molar-refractivity contribution is 0.0951. The van der Waals surface area contributed by atoms with E-state index in [0.717, 1.165) is 10.0 Å². The second-order valence-corrected chi connectivity index (χ2v) is 5.14. The second kappa shape index (κ2) is 6.22. The molecule has 0 aliphatic rings. The van der Waals surface area contributed by atoms with Crippen molar-refractivity contribution >= 4 is 27.5 Å². The number of carbonyl (C=O) groups excluding carboxylic acids is 1. The van der Waals surface area contributed by atoms with E-state index in [4.69, 9.17) is 11.0 Å². The summed E-state index contributed by atoms with van der Waals surface area (Å²) in [6, 6.07) is 14.3. The van der Waals surface area contributed by atoms with Crippen LogP contribution in [0.4, 0.5) is 5.69 Å². The topological polar surface area (TPSA) is 78.9 Å². The molecular weight excluding hydrogens is 318 g/mol. The van der Waals surface area contributed by atoms with Gasteiger partial charge in [0.25, 0.3) is 5.91 Å². The third-order valence-corrected chi connectivity index (χ3v) is 3.26. The summed E-state index contributed by atoms with van der Waals surface area (Å²) < 4.78 is 0.795. The molecule has 0 radical (unpaired) electrons. The quantitative estimate of drug-likeness (QED) is 0.850. The van der Waals surface area contributed by atoms with Crippen LogP contribution < -0.4 is 11.1 Å². The van der Waals surface area contributed by atoms with Crippen LogP contribution in [0.1, 0.15) is 21.5 Å². The fraction of sp³-hybridized carbons (Fsp3) is 0.0667. The lowest BCUT2D eigenvalue weighted by Crippen LogP contribution is -2.23. The molecule has 0 bridgehead atoms. The zero-order valence-electron chi connectivity index (χ0n) is 10.6. The van der Waals surface area contributed by atoms with Crippen molar-refractivity contribution in [2.45, 2.75) is 6.54 Å². The van der Waals surface area contributed by atoms with Crippen LogP contribution >= 0.6 is 15.9 Å². The predicted molar refractivity (Wildman–Crippen MR) is 80.9 cm³/mol. The molecule has 0 heterocycles. The Kier molecular flexibility index (Phi) is 4.38. The van der Waals surface area contributed by atoms with Crippen molar-refractivity contribution in [1.29, 1.82) is 5.26 Å². The van der Waals surface area contributed by atoms with Crippen molar-refractivity contribution in [2.75, 3.05) is 5.73 Å². The van der Waals surface area contributed by atoms with Crippen LogP contribution in [0.2, 0.25) is 0 Å². The van der Waals surface area contributed by atoms with Gasteiger partial charge in [-0.2, -0.15) is 5.26 Å². The molecule has 1 amide bonds. The maximum atomic E-state index is 12.1. The minimum absolute atomic E-state index is 0.244. The van der Waals surface area contributed by atoms with Gasteiger partial charge in [0.15, 0.2) is 0 Å². The third-order valence-electron chi connectivity index (χ3n) is 2.77. The fourth-order valence-electron chi connectivity index (χ4n) is 1.75. The summed E-state index contributed by atoms with van der Waals surface area (Å²) in [7, 11) is 0. The molecule has 0 saturated heterocycles. The third kappa shape index (κ3) is 3.37. The van der Waals surface area contributed by atoms with Gasteiger partial charge in [-0.1, -0.05) is 28.1 Å². The highest BCUT2D eigenvalue weighted by Crippen LogP contribution is 2.18. The Hall–Kier alpha value is -2.32. The summed E-state index contributed by atoms with van der Waals surface area (Å²) in [4.78, 5) is 12.1. The zero-order valence-corrected chi connectivity index (χ0v) is 12.1. The molecule has 2 aromatic carbocycles. The molecule has 0 atom stereocenters. The van der Waals surface area contributed by atoms with E-state index in [2.05, 4.69) is 27.3 Å². The van der Waals surface area contributed by atoms with Gasteiger partial charge < -0.3 is 11.1 Å². The van der Waals surface area contributed by atoms with Gasteiger partial charge in [0.2, 0.25) is 0 Å². The molecule has 2 rings (SSSR count). The van der Waals surface area contributed by atoms with E-state index in [1.807, 2.05) is 6.07 Å². The van der Waals surface area contributed by atoms with E-state index in [-0.39, 0.29) is 5.91 Å². The van der Waals surface area contributed by atoms with Crippen LogP contribution in [0.25, 0.3) is 0 Å². The number of benzene rings is 2. The average Bonchev–Trinajstić information content (AvgIpc) is 2.47. The molecule has 20 heavy (non-hydrogen) atoms. The molecule has 0 unspecified atom stereocenters. The monoisotopic (exact) mass is 329 g/mol. The van der Waals surface area contributed by atoms with Crippen LogP contribution in [0, 0.1) is 11.3 Å². The number of hydrogen-bond acceptors (Lipinski definition) is 3. The van der Waals surface area contributed by atoms with E-state index in [1.165, 1.54) is 0 Å². The molecule has 0 aliphatic carbocycles. The van der Waals surface area contributed by atoms with Gasteiger partial charge in [-0.05, 0) is 35.9 Å². The van der Waals surface area contributed by atoms with Gasteiger partial charge in [-0.3, -0.25) is 4.79 Å². The molecule has 5 heteroatoms. The highest BCUT2D eigenvalue weighted by Gasteiger charge is 2.09. The number of hydrogen-bond donors (Lipinski definition) is 2. The van der Waals surface area contributed by atoms with Gasteiger partial charge in [-0.15, -0.1) is 0 Å². The van der Waals surface area contributed by atoms with Crippen LogP contribution in [-0.2, 0) is 6.54 Å². The first kappa shape index (κ1) is 14.1. The SMILES string of the molecule is N#Cc1cccc(CNC(=O)c2cc(Br)ccc2N)c1. The molecule has 100 valence electrons. The first-order valence-electron chi connectivity index (χ1n) is 5.92. The molecule has 0 aromatic heterocycles. The van der Waals surface area contributed by atoms with E-state index in [0.29, 0.717) is 23.4 Å². The number of nitriles is 1. The Bertz CT molecular complexity index is 692. The molecular formula is C15H12BrN3O. The zero-order chi connectivity index (χ0) is 14.5. The Morgan fingerprint density at radius 2 is 2.10 bits per heavy atom. The molecule has 0 saturated carbocycles. The lowest BCUT2D eigenvalue weighted by atomic mass is 10.1. The van der Waals surface area contributed by atoms with Crippen molar-refractivity contribution in [1.82, 2.24) is 5.32 Å². The number of anilines is 1. The molecule has 0 spiro atoms. The summed E-state index contributed by atoms with van der Waals surface area (Å²) >= 11 is 3.31. The maximum absolute atomic E-state index is 12.1. The minimum atomic E-state index is -0.244. The minimum Gasteiger partial charge on any atom is -0.398 e. The second-order valence-electron chi connectivity index (χ2n) is 4.23. The maximum Gasteiger partial charge on any atom is 0.253 e. The average molecular weight is 330 g/mol. The number of rotatable bonds is 3. The fourth-order valence-corrected chi connectivity index (χ4v) is 2.11. The number of nitrogens with zero attached hydrogens (tertiary/aromatic N) is 1. The summed E-state index contributed by atoms with van der Waals surface area (Å²) in [5.74, 6) is -0.244. The van der Waals surface area contributed by atoms with Gasteiger partial charge in [0, 0.05) is 16.7 Å². The highest BCUT2D eigenvalue weighted by molar-refractivity contribution is 9.10. The van der Waals surface area contributed by atoms with Crippen LogP contribution in [0.3, 0.4) is 0 Å². The largest absolute Gasteiger partial charge is 0.398 e. The van der Waals surface area contributed by atoms with Crippen LogP contribution in [-0.4, -0.2) is 5.91 Å². The summed E-state index contributed by atoms with van der Waals surface area (Å²) in [5.41, 5.74) is 8.07. The molecule has 3 N–H and O–H groups in total. The first-order chi connectivity index (χ1) is 9.60. The molecule has 0 aliphatic heterocycles. The smallest absolute Gasteiger partial charge is 0.253 e. The standard InChI is InChI=1S/C15H12BrN3O/c16-12-4-5-14(18)13(7-12)15(20)19-9-11-3-1-2-10(6-11)8-17/h1-7H,9,18H2,(H,19,20). The van der Waals surface area contributed by atoms with Gasteiger partial charge in [0.1, 0.15) is 0 Å². The number of nitrogens with two attached hydrogens (primary N) is 1. The normalized spacial score (nSPS) is 9.80. The van der Waals surface area contributed by atoms with Crippen molar-refractivity contribution in [3.8, 4) is 6.07 Å². The van der Waals surface area contributed by atoms with E-state index in [1.54, 1.807) is 36.4 Å². The van der Waals surface area contributed by atoms with Gasteiger partial charge >= 0.3 is 0 Å². The van der Waals surface area contributed by atoms with Crippen molar-refractivity contribution in [3.05, 3.63) is 63.6 Å². The number of amides is 1. The lowest BCUT2D eigenvalue weighted by Gasteiger charge is -2.08. The van der Waals surface area contributed by atoms with Crippen molar-refractivity contribution < 1.29 is 4.79 Å². The van der Waals surface area contributed by atoms with Crippen LogP contribution in [0.5, 0.6) is 0 Å². The summed E-state index contributed by atoms with van der Waals surface area (Å²) in [6.07, 6.45) is 0. The Morgan fingerprint density at radius 1 is 1.30 bits per heavy atom.